The van der Waals surface area contributed by atoms with Gasteiger partial charge in [0.1, 0.15) is 22.2 Å². The molecule has 2 aromatic rings. The summed E-state index contributed by atoms with van der Waals surface area (Å²) in [6.07, 6.45) is 0. The van der Waals surface area contributed by atoms with Gasteiger partial charge in [-0.3, -0.25) is 4.72 Å². The van der Waals surface area contributed by atoms with Gasteiger partial charge in [-0.05, 0) is 32.0 Å². The number of furan rings is 1. The lowest BCUT2D eigenvalue weighted by molar-refractivity contribution is 0.276. The van der Waals surface area contributed by atoms with E-state index in [9.17, 15) is 17.9 Å². The fourth-order valence-electron chi connectivity index (χ4n) is 2.01. The highest BCUT2D eigenvalue weighted by Gasteiger charge is 2.27. The molecule has 0 fully saturated rings. The first-order valence-corrected chi connectivity index (χ1v) is 7.80. The summed E-state index contributed by atoms with van der Waals surface area (Å²) in [7, 11) is -4.09. The van der Waals surface area contributed by atoms with E-state index in [0.29, 0.717) is 5.76 Å². The largest absolute Gasteiger partial charge is 0.465 e. The normalized spacial score (nSPS) is 11.7. The molecule has 2 N–H and O–H groups in total. The number of rotatable bonds is 4. The predicted octanol–water partition coefficient (Wildman–Crippen LogP) is 2.98. The molecule has 0 atom stereocenters. The summed E-state index contributed by atoms with van der Waals surface area (Å²) in [6.45, 7) is 2.50. The number of aliphatic hydroxyl groups is 1. The topological polar surface area (TPSA) is 79.5 Å². The second-order valence-corrected chi connectivity index (χ2v) is 6.47. The van der Waals surface area contributed by atoms with Gasteiger partial charge in [-0.25, -0.2) is 12.8 Å². The third kappa shape index (κ3) is 3.04. The second kappa shape index (κ2) is 5.67. The molecule has 21 heavy (non-hydrogen) atoms. The molecule has 2 rings (SSSR count). The molecule has 1 heterocycles. The molecular weight excluding hydrogens is 321 g/mol. The van der Waals surface area contributed by atoms with Crippen molar-refractivity contribution in [2.75, 3.05) is 4.72 Å². The molecule has 0 amide bonds. The van der Waals surface area contributed by atoms with Gasteiger partial charge in [0.05, 0.1) is 12.3 Å². The monoisotopic (exact) mass is 333 g/mol. The summed E-state index contributed by atoms with van der Waals surface area (Å²) in [5, 5.41) is 9.44. The van der Waals surface area contributed by atoms with Crippen molar-refractivity contribution in [2.24, 2.45) is 0 Å². The molecule has 8 heteroatoms. The highest BCUT2D eigenvalue weighted by Crippen LogP contribution is 2.29. The lowest BCUT2D eigenvalue weighted by Gasteiger charge is -2.09. The van der Waals surface area contributed by atoms with E-state index in [4.69, 9.17) is 16.0 Å². The molecule has 0 radical (unpaired) electrons. The standard InChI is InChI=1S/C13H13ClFNO4S/c1-7-10(6-17)13(8(2)20-7)21(18,19)16-12-4-3-9(14)5-11(12)15/h3-5,16-17H,6H2,1-2H3. The molecule has 0 spiro atoms. The van der Waals surface area contributed by atoms with Crippen molar-refractivity contribution in [3.05, 3.63) is 46.1 Å². The summed E-state index contributed by atoms with van der Waals surface area (Å²) in [5.74, 6) is -0.375. The molecule has 0 saturated heterocycles. The minimum absolute atomic E-state index is 0.124. The summed E-state index contributed by atoms with van der Waals surface area (Å²) in [4.78, 5) is -0.183. The van der Waals surface area contributed by atoms with Gasteiger partial charge in [0, 0.05) is 10.6 Å². The zero-order valence-electron chi connectivity index (χ0n) is 11.3. The van der Waals surface area contributed by atoms with Gasteiger partial charge in [0.15, 0.2) is 0 Å². The number of hydrogen-bond acceptors (Lipinski definition) is 4. The van der Waals surface area contributed by atoms with Crippen molar-refractivity contribution in [3.63, 3.8) is 0 Å². The van der Waals surface area contributed by atoms with E-state index < -0.39 is 22.4 Å². The Labute approximate surface area is 126 Å². The predicted molar refractivity (Wildman–Crippen MR) is 76.3 cm³/mol. The maximum absolute atomic E-state index is 13.7. The lowest BCUT2D eigenvalue weighted by Crippen LogP contribution is -2.16. The molecule has 114 valence electrons. The average Bonchev–Trinajstić information content (AvgIpc) is 2.67. The van der Waals surface area contributed by atoms with Crippen LogP contribution in [0.2, 0.25) is 5.02 Å². The highest BCUT2D eigenvalue weighted by molar-refractivity contribution is 7.92. The van der Waals surface area contributed by atoms with Crippen LogP contribution in [0.5, 0.6) is 0 Å². The Balaban J connectivity index is 2.48. The number of sulfonamides is 1. The number of halogens is 2. The van der Waals surface area contributed by atoms with Crippen molar-refractivity contribution in [3.8, 4) is 0 Å². The van der Waals surface area contributed by atoms with Gasteiger partial charge in [-0.1, -0.05) is 11.6 Å². The summed E-state index contributed by atoms with van der Waals surface area (Å²) in [6, 6.07) is 3.58. The first-order chi connectivity index (χ1) is 9.76. The Bertz CT molecular complexity index is 786. The Hall–Kier alpha value is -1.57. The van der Waals surface area contributed by atoms with E-state index in [1.54, 1.807) is 6.92 Å². The molecule has 0 aliphatic carbocycles. The van der Waals surface area contributed by atoms with Crippen LogP contribution in [-0.4, -0.2) is 13.5 Å². The van der Waals surface area contributed by atoms with E-state index in [1.165, 1.54) is 19.1 Å². The smallest absolute Gasteiger partial charge is 0.265 e. The van der Waals surface area contributed by atoms with Crippen molar-refractivity contribution in [1.82, 2.24) is 0 Å². The van der Waals surface area contributed by atoms with Gasteiger partial charge in [0.25, 0.3) is 10.0 Å². The average molecular weight is 334 g/mol. The quantitative estimate of drug-likeness (QED) is 0.901. The van der Waals surface area contributed by atoms with Gasteiger partial charge < -0.3 is 9.52 Å². The van der Waals surface area contributed by atoms with Gasteiger partial charge >= 0.3 is 0 Å². The van der Waals surface area contributed by atoms with E-state index in [-0.39, 0.29) is 26.9 Å². The zero-order valence-corrected chi connectivity index (χ0v) is 12.8. The second-order valence-electron chi connectivity index (χ2n) is 4.41. The van der Waals surface area contributed by atoms with E-state index >= 15 is 0 Å². The Morgan fingerprint density at radius 1 is 1.33 bits per heavy atom. The molecule has 1 aromatic heterocycles. The van der Waals surface area contributed by atoms with Gasteiger partial charge in [-0.2, -0.15) is 0 Å². The molecule has 0 aliphatic rings. The summed E-state index contributed by atoms with van der Waals surface area (Å²) >= 11 is 5.62. The number of aliphatic hydroxyl groups excluding tert-OH is 1. The van der Waals surface area contributed by atoms with Crippen molar-refractivity contribution in [2.45, 2.75) is 25.3 Å². The van der Waals surface area contributed by atoms with E-state index in [0.717, 1.165) is 6.07 Å². The highest BCUT2D eigenvalue weighted by atomic mass is 35.5. The van der Waals surface area contributed by atoms with Crippen LogP contribution in [0.4, 0.5) is 10.1 Å². The Kier molecular flexibility index (Phi) is 4.27. The van der Waals surface area contributed by atoms with Gasteiger partial charge in [-0.15, -0.1) is 0 Å². The van der Waals surface area contributed by atoms with Crippen molar-refractivity contribution >= 4 is 27.3 Å². The van der Waals surface area contributed by atoms with Crippen LogP contribution < -0.4 is 4.72 Å². The number of aryl methyl sites for hydroxylation is 2. The number of hydrogen-bond donors (Lipinski definition) is 2. The van der Waals surface area contributed by atoms with Crippen LogP contribution in [0.15, 0.2) is 27.5 Å². The molecule has 0 saturated carbocycles. The van der Waals surface area contributed by atoms with Crippen LogP contribution in [0.25, 0.3) is 0 Å². The van der Waals surface area contributed by atoms with Crippen LogP contribution in [-0.2, 0) is 16.6 Å². The van der Waals surface area contributed by atoms with Crippen LogP contribution in [0, 0.1) is 19.7 Å². The minimum atomic E-state index is -4.09. The summed E-state index contributed by atoms with van der Waals surface area (Å²) in [5.41, 5.74) is -0.0871. The zero-order chi connectivity index (χ0) is 15.8. The van der Waals surface area contributed by atoms with Crippen LogP contribution in [0.3, 0.4) is 0 Å². The van der Waals surface area contributed by atoms with E-state index in [1.807, 2.05) is 0 Å². The van der Waals surface area contributed by atoms with E-state index in [2.05, 4.69) is 4.72 Å². The third-order valence-corrected chi connectivity index (χ3v) is 4.72. The lowest BCUT2D eigenvalue weighted by atomic mass is 10.2. The Morgan fingerprint density at radius 2 is 2.00 bits per heavy atom. The molecule has 0 aliphatic heterocycles. The number of anilines is 1. The van der Waals surface area contributed by atoms with Crippen LogP contribution >= 0.6 is 11.6 Å². The molecule has 5 nitrogen and oxygen atoms in total. The molecule has 0 bridgehead atoms. The molecule has 1 aromatic carbocycles. The SMILES string of the molecule is Cc1oc(C)c(S(=O)(=O)Nc2ccc(Cl)cc2F)c1CO. The minimum Gasteiger partial charge on any atom is -0.465 e. The van der Waals surface area contributed by atoms with Crippen molar-refractivity contribution in [1.29, 1.82) is 0 Å². The summed E-state index contributed by atoms with van der Waals surface area (Å²) < 4.78 is 45.8. The molecule has 0 unspecified atom stereocenters. The third-order valence-electron chi connectivity index (χ3n) is 2.93. The maximum atomic E-state index is 13.7. The maximum Gasteiger partial charge on any atom is 0.265 e. The molecular formula is C13H13ClFNO4S. The van der Waals surface area contributed by atoms with Crippen LogP contribution in [0.1, 0.15) is 17.1 Å². The number of nitrogens with one attached hydrogen (secondary N) is 1. The van der Waals surface area contributed by atoms with Crippen molar-refractivity contribution < 1.29 is 22.3 Å². The fraction of sp³-hybridized carbons (Fsp3) is 0.231. The first kappa shape index (κ1) is 15.8. The first-order valence-electron chi connectivity index (χ1n) is 5.94. The Morgan fingerprint density at radius 3 is 2.57 bits per heavy atom. The fourth-order valence-corrected chi connectivity index (χ4v) is 3.68. The van der Waals surface area contributed by atoms with Gasteiger partial charge in [0.2, 0.25) is 0 Å². The number of benzene rings is 1.